The highest BCUT2D eigenvalue weighted by molar-refractivity contribution is 7.92. The standard InChI is InChI=1S/C19H18ClN3O3S/c20-14-3-5-15(6-4-14)27(25,26)12-18(24)23-9-7-13(11-23)17-10-22-19-16(17)2-1-8-21-19/h1-6,8,10,13H,7,9,11-12H2,(H,21,22). The fourth-order valence-corrected chi connectivity index (χ4v) is 4.89. The van der Waals surface area contributed by atoms with Crippen molar-refractivity contribution >= 4 is 38.4 Å². The molecule has 1 unspecified atom stereocenters. The number of nitrogens with one attached hydrogen (secondary N) is 1. The van der Waals surface area contributed by atoms with Gasteiger partial charge in [0.05, 0.1) is 4.90 Å². The summed E-state index contributed by atoms with van der Waals surface area (Å²) in [4.78, 5) is 21.8. The molecule has 0 aliphatic carbocycles. The molecule has 0 saturated carbocycles. The zero-order chi connectivity index (χ0) is 19.0. The quantitative estimate of drug-likeness (QED) is 0.725. The van der Waals surface area contributed by atoms with Gasteiger partial charge in [0, 0.05) is 41.8 Å². The van der Waals surface area contributed by atoms with Crippen LogP contribution in [0.5, 0.6) is 0 Å². The molecule has 1 aromatic carbocycles. The van der Waals surface area contributed by atoms with Crippen LogP contribution in [0.2, 0.25) is 5.02 Å². The van der Waals surface area contributed by atoms with E-state index in [9.17, 15) is 13.2 Å². The molecule has 0 spiro atoms. The number of carbonyl (C=O) groups is 1. The van der Waals surface area contributed by atoms with Gasteiger partial charge in [-0.1, -0.05) is 11.6 Å². The van der Waals surface area contributed by atoms with Gasteiger partial charge in [-0.25, -0.2) is 13.4 Å². The number of aromatic amines is 1. The Morgan fingerprint density at radius 2 is 2.04 bits per heavy atom. The third-order valence-electron chi connectivity index (χ3n) is 4.95. The van der Waals surface area contributed by atoms with E-state index in [-0.39, 0.29) is 16.7 Å². The molecule has 1 fully saturated rings. The van der Waals surface area contributed by atoms with E-state index >= 15 is 0 Å². The highest BCUT2D eigenvalue weighted by Crippen LogP contribution is 2.32. The van der Waals surface area contributed by atoms with Crippen molar-refractivity contribution in [1.82, 2.24) is 14.9 Å². The SMILES string of the molecule is O=C(CS(=O)(=O)c1ccc(Cl)cc1)N1CCC(c2c[nH]c3ncccc23)C1. The zero-order valence-corrected chi connectivity index (χ0v) is 16.0. The van der Waals surface area contributed by atoms with Crippen LogP contribution in [-0.4, -0.2) is 48.0 Å². The van der Waals surface area contributed by atoms with Crippen LogP contribution in [0.25, 0.3) is 11.0 Å². The van der Waals surface area contributed by atoms with Gasteiger partial charge >= 0.3 is 0 Å². The number of H-pyrrole nitrogens is 1. The number of benzene rings is 1. The third-order valence-corrected chi connectivity index (χ3v) is 6.82. The Kier molecular flexibility index (Phi) is 4.65. The Hall–Kier alpha value is -2.38. The van der Waals surface area contributed by atoms with Gasteiger partial charge in [-0.05, 0) is 48.4 Å². The Bertz CT molecular complexity index is 1090. The van der Waals surface area contributed by atoms with E-state index < -0.39 is 15.6 Å². The van der Waals surface area contributed by atoms with Gasteiger partial charge in [-0.15, -0.1) is 0 Å². The van der Waals surface area contributed by atoms with E-state index in [0.29, 0.717) is 18.1 Å². The lowest BCUT2D eigenvalue weighted by atomic mass is 9.99. The first-order valence-electron chi connectivity index (χ1n) is 8.62. The van der Waals surface area contributed by atoms with Gasteiger partial charge < -0.3 is 9.88 Å². The molecule has 1 aliphatic rings. The molecule has 0 radical (unpaired) electrons. The molecule has 1 saturated heterocycles. The minimum absolute atomic E-state index is 0.110. The summed E-state index contributed by atoms with van der Waals surface area (Å²) in [6.07, 6.45) is 4.46. The smallest absolute Gasteiger partial charge is 0.238 e. The summed E-state index contributed by atoms with van der Waals surface area (Å²) in [6.45, 7) is 1.06. The van der Waals surface area contributed by atoms with Gasteiger partial charge in [-0.3, -0.25) is 4.79 Å². The normalized spacial score (nSPS) is 17.5. The lowest BCUT2D eigenvalue weighted by Gasteiger charge is -2.16. The summed E-state index contributed by atoms with van der Waals surface area (Å²) in [5, 5.41) is 1.50. The van der Waals surface area contributed by atoms with E-state index in [1.54, 1.807) is 11.1 Å². The number of aromatic nitrogens is 2. The van der Waals surface area contributed by atoms with E-state index in [1.807, 2.05) is 18.3 Å². The fourth-order valence-electron chi connectivity index (χ4n) is 3.53. The maximum Gasteiger partial charge on any atom is 0.238 e. The Labute approximate surface area is 162 Å². The highest BCUT2D eigenvalue weighted by atomic mass is 35.5. The number of nitrogens with zero attached hydrogens (tertiary/aromatic N) is 2. The van der Waals surface area contributed by atoms with Gasteiger partial charge in [-0.2, -0.15) is 0 Å². The van der Waals surface area contributed by atoms with Crippen LogP contribution in [0.4, 0.5) is 0 Å². The minimum atomic E-state index is -3.69. The molecule has 8 heteroatoms. The average molecular weight is 404 g/mol. The van der Waals surface area contributed by atoms with Crippen LogP contribution < -0.4 is 0 Å². The summed E-state index contributed by atoms with van der Waals surface area (Å²) in [5.41, 5.74) is 1.94. The van der Waals surface area contributed by atoms with Crippen molar-refractivity contribution in [3.8, 4) is 0 Å². The van der Waals surface area contributed by atoms with Crippen molar-refractivity contribution in [2.24, 2.45) is 0 Å². The summed E-state index contributed by atoms with van der Waals surface area (Å²) < 4.78 is 25.0. The van der Waals surface area contributed by atoms with Gasteiger partial charge in [0.1, 0.15) is 11.4 Å². The maximum absolute atomic E-state index is 12.6. The molecule has 1 aliphatic heterocycles. The van der Waals surface area contributed by atoms with E-state index in [0.717, 1.165) is 23.0 Å². The third kappa shape index (κ3) is 3.57. The number of hydrogen-bond donors (Lipinski definition) is 1. The van der Waals surface area contributed by atoms with Crippen LogP contribution in [0.15, 0.2) is 53.7 Å². The number of fused-ring (bicyclic) bond motifs is 1. The monoisotopic (exact) mass is 403 g/mol. The van der Waals surface area contributed by atoms with Gasteiger partial charge in [0.2, 0.25) is 5.91 Å². The van der Waals surface area contributed by atoms with Crippen LogP contribution in [0.3, 0.4) is 0 Å². The van der Waals surface area contributed by atoms with E-state index in [4.69, 9.17) is 11.6 Å². The Morgan fingerprint density at radius 3 is 2.81 bits per heavy atom. The molecule has 140 valence electrons. The average Bonchev–Trinajstić information content (AvgIpc) is 3.28. The molecule has 3 aromatic rings. The fraction of sp³-hybridized carbons (Fsp3) is 0.263. The van der Waals surface area contributed by atoms with E-state index in [2.05, 4.69) is 9.97 Å². The highest BCUT2D eigenvalue weighted by Gasteiger charge is 2.31. The lowest BCUT2D eigenvalue weighted by molar-refractivity contribution is -0.127. The van der Waals surface area contributed by atoms with Crippen LogP contribution in [0, 0.1) is 0 Å². The first kappa shape index (κ1) is 18.0. The van der Waals surface area contributed by atoms with Gasteiger partial charge in [0.15, 0.2) is 9.84 Å². The number of hydrogen-bond acceptors (Lipinski definition) is 4. The molecule has 1 amide bonds. The number of halogens is 1. The van der Waals surface area contributed by atoms with Crippen molar-refractivity contribution in [1.29, 1.82) is 0 Å². The summed E-state index contributed by atoms with van der Waals surface area (Å²) in [6, 6.07) is 9.76. The molecule has 2 aromatic heterocycles. The molecular formula is C19H18ClN3O3S. The lowest BCUT2D eigenvalue weighted by Crippen LogP contribution is -2.33. The molecule has 1 atom stereocenters. The number of amides is 1. The number of rotatable bonds is 4. The zero-order valence-electron chi connectivity index (χ0n) is 14.4. The van der Waals surface area contributed by atoms with Crippen molar-refractivity contribution in [2.75, 3.05) is 18.8 Å². The molecule has 4 rings (SSSR count). The molecule has 6 nitrogen and oxygen atoms in total. The number of carbonyl (C=O) groups excluding carboxylic acids is 1. The first-order chi connectivity index (χ1) is 12.9. The van der Waals surface area contributed by atoms with Crippen LogP contribution in [0.1, 0.15) is 17.9 Å². The van der Waals surface area contributed by atoms with Gasteiger partial charge in [0.25, 0.3) is 0 Å². The second-order valence-corrected chi connectivity index (χ2v) is 9.11. The largest absolute Gasteiger partial charge is 0.346 e. The molecule has 0 bridgehead atoms. The topological polar surface area (TPSA) is 83.1 Å². The van der Waals surface area contributed by atoms with Crippen molar-refractivity contribution in [3.05, 3.63) is 59.4 Å². The summed E-state index contributed by atoms with van der Waals surface area (Å²) in [5.74, 6) is -0.730. The minimum Gasteiger partial charge on any atom is -0.346 e. The molecule has 1 N–H and O–H groups in total. The number of pyridine rings is 1. The van der Waals surface area contributed by atoms with Crippen molar-refractivity contribution in [3.63, 3.8) is 0 Å². The molecule has 3 heterocycles. The Balaban J connectivity index is 1.47. The maximum atomic E-state index is 12.6. The van der Waals surface area contributed by atoms with Crippen molar-refractivity contribution < 1.29 is 13.2 Å². The Morgan fingerprint density at radius 1 is 1.26 bits per heavy atom. The van der Waals surface area contributed by atoms with E-state index in [1.165, 1.54) is 24.3 Å². The molecule has 27 heavy (non-hydrogen) atoms. The van der Waals surface area contributed by atoms with Crippen LogP contribution >= 0.6 is 11.6 Å². The van der Waals surface area contributed by atoms with Crippen LogP contribution in [-0.2, 0) is 14.6 Å². The second-order valence-electron chi connectivity index (χ2n) is 6.68. The predicted octanol–water partition coefficient (Wildman–Crippen LogP) is 3.01. The number of sulfone groups is 1. The van der Waals surface area contributed by atoms with Crippen molar-refractivity contribution in [2.45, 2.75) is 17.2 Å². The second kappa shape index (κ2) is 6.98. The summed E-state index contributed by atoms with van der Waals surface area (Å²) >= 11 is 5.80. The molecular weight excluding hydrogens is 386 g/mol. The number of likely N-dealkylation sites (tertiary alicyclic amines) is 1. The summed E-state index contributed by atoms with van der Waals surface area (Å²) in [7, 11) is -3.69. The first-order valence-corrected chi connectivity index (χ1v) is 10.7. The predicted molar refractivity (Wildman–Crippen MR) is 104 cm³/mol.